The van der Waals surface area contributed by atoms with Gasteiger partial charge in [0.2, 0.25) is 5.91 Å². The van der Waals surface area contributed by atoms with Crippen LogP contribution in [0.15, 0.2) is 21.5 Å². The second kappa shape index (κ2) is 7.98. The van der Waals surface area contributed by atoms with Gasteiger partial charge in [-0.3, -0.25) is 19.3 Å². The Bertz CT molecular complexity index is 638. The summed E-state index contributed by atoms with van der Waals surface area (Å²) >= 11 is 0.798. The summed E-state index contributed by atoms with van der Waals surface area (Å²) in [5.74, 6) is 0.350. The van der Waals surface area contributed by atoms with Crippen molar-refractivity contribution in [2.24, 2.45) is 0 Å². The summed E-state index contributed by atoms with van der Waals surface area (Å²) in [6.45, 7) is 2.47. The maximum atomic E-state index is 12.2. The molecule has 1 aliphatic rings. The monoisotopic (exact) mass is 338 g/mol. The fraction of sp³-hybridized carbons (Fsp3) is 0.400. The van der Waals surface area contributed by atoms with Gasteiger partial charge in [-0.25, -0.2) is 0 Å². The highest BCUT2D eigenvalue weighted by Crippen LogP contribution is 2.32. The molecule has 1 saturated heterocycles. The number of amides is 3. The molecule has 7 nitrogen and oxygen atoms in total. The van der Waals surface area contributed by atoms with Crippen molar-refractivity contribution >= 4 is 34.9 Å². The zero-order valence-electron chi connectivity index (χ0n) is 13.0. The van der Waals surface area contributed by atoms with Crippen molar-refractivity contribution in [1.82, 2.24) is 10.2 Å². The lowest BCUT2D eigenvalue weighted by atomic mass is 10.3. The van der Waals surface area contributed by atoms with E-state index >= 15 is 0 Å². The first-order valence-corrected chi connectivity index (χ1v) is 7.90. The van der Waals surface area contributed by atoms with Crippen LogP contribution in [-0.4, -0.2) is 48.8 Å². The molecule has 2 rings (SSSR count). The Hall–Kier alpha value is -2.06. The number of rotatable bonds is 7. The summed E-state index contributed by atoms with van der Waals surface area (Å²) in [5, 5.41) is 2.18. The molecule has 0 saturated carbocycles. The minimum Gasteiger partial charge on any atom is -0.462 e. The molecular formula is C15H18N2O5S. The Balaban J connectivity index is 1.93. The van der Waals surface area contributed by atoms with Gasteiger partial charge in [0.25, 0.3) is 11.1 Å². The van der Waals surface area contributed by atoms with E-state index in [0.29, 0.717) is 31.1 Å². The van der Waals surface area contributed by atoms with Crippen LogP contribution in [-0.2, 0) is 14.3 Å². The topological polar surface area (TPSA) is 88.8 Å². The number of imide groups is 1. The van der Waals surface area contributed by atoms with Gasteiger partial charge >= 0.3 is 0 Å². The molecule has 0 aromatic carbocycles. The molecule has 1 aliphatic heterocycles. The number of ether oxygens (including phenoxy) is 1. The van der Waals surface area contributed by atoms with Crippen LogP contribution in [0.2, 0.25) is 0 Å². The summed E-state index contributed by atoms with van der Waals surface area (Å²) in [7, 11) is 1.58. The molecule has 0 radical (unpaired) electrons. The number of hydrogen-bond acceptors (Lipinski definition) is 6. The number of carbonyl (C=O) groups is 3. The summed E-state index contributed by atoms with van der Waals surface area (Å²) in [4.78, 5) is 37.1. The summed E-state index contributed by atoms with van der Waals surface area (Å²) in [6.07, 6.45) is 2.18. The number of nitrogens with one attached hydrogen (secondary N) is 1. The van der Waals surface area contributed by atoms with Crippen LogP contribution in [0.4, 0.5) is 4.79 Å². The first-order valence-electron chi connectivity index (χ1n) is 7.08. The van der Waals surface area contributed by atoms with E-state index in [0.717, 1.165) is 16.7 Å². The first-order chi connectivity index (χ1) is 11.0. The van der Waals surface area contributed by atoms with Gasteiger partial charge in [0.05, 0.1) is 4.91 Å². The highest BCUT2D eigenvalue weighted by molar-refractivity contribution is 8.18. The molecule has 2 heterocycles. The van der Waals surface area contributed by atoms with Crippen LogP contribution in [0, 0.1) is 6.92 Å². The molecule has 0 bridgehead atoms. The minimum absolute atomic E-state index is 0.247. The number of nitrogens with zero attached hydrogens (tertiary/aromatic N) is 1. The van der Waals surface area contributed by atoms with E-state index in [9.17, 15) is 14.4 Å². The lowest BCUT2D eigenvalue weighted by Crippen LogP contribution is -2.39. The molecule has 3 amide bonds. The zero-order chi connectivity index (χ0) is 16.8. The fourth-order valence-corrected chi connectivity index (χ4v) is 2.76. The molecule has 1 aromatic heterocycles. The quantitative estimate of drug-likeness (QED) is 0.602. The number of methoxy groups -OCH3 is 1. The standard InChI is InChI=1S/C15H18N2O5S/c1-10-4-5-11(22-10)8-12-14(19)17(15(20)23-12)9-13(18)16-6-3-7-21-2/h4-5,8H,3,6-7,9H2,1-2H3,(H,16,18)/b12-8-. The molecule has 0 atom stereocenters. The molecule has 0 unspecified atom stereocenters. The van der Waals surface area contributed by atoms with Crippen molar-refractivity contribution < 1.29 is 23.5 Å². The zero-order valence-corrected chi connectivity index (χ0v) is 13.8. The summed E-state index contributed by atoms with van der Waals surface area (Å²) in [5.41, 5.74) is 0. The van der Waals surface area contributed by atoms with Crippen LogP contribution in [0.3, 0.4) is 0 Å². The average molecular weight is 338 g/mol. The van der Waals surface area contributed by atoms with Gasteiger partial charge in [0, 0.05) is 26.3 Å². The third-order valence-electron chi connectivity index (χ3n) is 3.06. The van der Waals surface area contributed by atoms with Gasteiger partial charge in [0.15, 0.2) is 0 Å². The molecule has 1 aromatic rings. The van der Waals surface area contributed by atoms with Gasteiger partial charge in [-0.2, -0.15) is 0 Å². The second-order valence-electron chi connectivity index (χ2n) is 4.91. The van der Waals surface area contributed by atoms with Crippen LogP contribution in [0.1, 0.15) is 17.9 Å². The van der Waals surface area contributed by atoms with Gasteiger partial charge in [-0.15, -0.1) is 0 Å². The van der Waals surface area contributed by atoms with Crippen LogP contribution >= 0.6 is 11.8 Å². The Morgan fingerprint density at radius 2 is 2.22 bits per heavy atom. The molecule has 23 heavy (non-hydrogen) atoms. The number of carbonyl (C=O) groups excluding carboxylic acids is 3. The Morgan fingerprint density at radius 3 is 2.87 bits per heavy atom. The maximum absolute atomic E-state index is 12.2. The predicted octanol–water partition coefficient (Wildman–Crippen LogP) is 1.78. The molecular weight excluding hydrogens is 320 g/mol. The maximum Gasteiger partial charge on any atom is 0.294 e. The van der Waals surface area contributed by atoms with Gasteiger partial charge in [0.1, 0.15) is 18.1 Å². The molecule has 1 N–H and O–H groups in total. The van der Waals surface area contributed by atoms with Crippen LogP contribution < -0.4 is 5.32 Å². The lowest BCUT2D eigenvalue weighted by Gasteiger charge is -2.12. The number of thioether (sulfide) groups is 1. The van der Waals surface area contributed by atoms with Gasteiger partial charge < -0.3 is 14.5 Å². The first kappa shape index (κ1) is 17.3. The SMILES string of the molecule is COCCCNC(=O)CN1C(=O)S/C(=C\c2ccc(C)o2)C1=O. The van der Waals surface area contributed by atoms with E-state index in [2.05, 4.69) is 5.32 Å². The molecule has 1 fully saturated rings. The molecule has 0 spiro atoms. The number of aryl methyl sites for hydroxylation is 1. The van der Waals surface area contributed by atoms with Crippen molar-refractivity contribution in [1.29, 1.82) is 0 Å². The van der Waals surface area contributed by atoms with E-state index in [1.54, 1.807) is 26.2 Å². The average Bonchev–Trinajstić information content (AvgIpc) is 3.02. The summed E-state index contributed by atoms with van der Waals surface area (Å²) < 4.78 is 10.2. The number of furan rings is 1. The Morgan fingerprint density at radius 1 is 1.43 bits per heavy atom. The minimum atomic E-state index is -0.485. The van der Waals surface area contributed by atoms with Gasteiger partial charge in [-0.05, 0) is 37.2 Å². The molecule has 0 aliphatic carbocycles. The second-order valence-corrected chi connectivity index (χ2v) is 5.91. The predicted molar refractivity (Wildman–Crippen MR) is 85.6 cm³/mol. The van der Waals surface area contributed by atoms with Crippen molar-refractivity contribution in [3.05, 3.63) is 28.6 Å². The Kier molecular flexibility index (Phi) is 6.00. The third kappa shape index (κ3) is 4.70. The van der Waals surface area contributed by atoms with Crippen molar-refractivity contribution in [3.8, 4) is 0 Å². The number of hydrogen-bond donors (Lipinski definition) is 1. The van der Waals surface area contributed by atoms with Gasteiger partial charge in [-0.1, -0.05) is 0 Å². The Labute approximate surface area is 138 Å². The molecule has 8 heteroatoms. The normalized spacial score (nSPS) is 16.4. The van der Waals surface area contributed by atoms with E-state index < -0.39 is 11.1 Å². The van der Waals surface area contributed by atoms with Crippen LogP contribution in [0.25, 0.3) is 6.08 Å². The van der Waals surface area contributed by atoms with Crippen molar-refractivity contribution in [2.75, 3.05) is 26.8 Å². The van der Waals surface area contributed by atoms with E-state index in [1.165, 1.54) is 6.08 Å². The van der Waals surface area contributed by atoms with Crippen LogP contribution in [0.5, 0.6) is 0 Å². The highest BCUT2D eigenvalue weighted by atomic mass is 32.2. The molecule has 124 valence electrons. The summed E-state index contributed by atoms with van der Waals surface area (Å²) in [6, 6.07) is 3.48. The third-order valence-corrected chi connectivity index (χ3v) is 3.96. The van der Waals surface area contributed by atoms with E-state index in [-0.39, 0.29) is 17.4 Å². The van der Waals surface area contributed by atoms with Crippen molar-refractivity contribution in [2.45, 2.75) is 13.3 Å². The fourth-order valence-electron chi connectivity index (χ4n) is 1.94. The van der Waals surface area contributed by atoms with E-state index in [4.69, 9.17) is 9.15 Å². The lowest BCUT2D eigenvalue weighted by molar-refractivity contribution is -0.129. The van der Waals surface area contributed by atoms with Crippen molar-refractivity contribution in [3.63, 3.8) is 0 Å². The smallest absolute Gasteiger partial charge is 0.294 e. The van der Waals surface area contributed by atoms with E-state index in [1.807, 2.05) is 0 Å². The largest absolute Gasteiger partial charge is 0.462 e. The highest BCUT2D eigenvalue weighted by Gasteiger charge is 2.36.